The van der Waals surface area contributed by atoms with Crippen molar-refractivity contribution in [1.82, 2.24) is 4.98 Å². The quantitative estimate of drug-likeness (QED) is 0.211. The summed E-state index contributed by atoms with van der Waals surface area (Å²) in [6, 6.07) is 12.4. The molecule has 3 heteroatoms. The molecule has 0 aliphatic carbocycles. The number of aryl methyl sites for hydroxylation is 1. The molecule has 1 aromatic heterocycles. The largest absolute Gasteiger partial charge is 0.459 e. The highest BCUT2D eigenvalue weighted by Gasteiger charge is 2.30. The number of hydrogen-bond donors (Lipinski definition) is 0. The molecule has 0 aliphatic rings. The molecule has 1 heterocycles. The Hall–Kier alpha value is -2.39. The molecule has 0 radical (unpaired) electrons. The first-order chi connectivity index (χ1) is 14.4. The van der Waals surface area contributed by atoms with Crippen LogP contribution < -0.4 is 4.74 Å². The second-order valence-electron chi connectivity index (χ2n) is 8.76. The summed E-state index contributed by atoms with van der Waals surface area (Å²) in [4.78, 5) is 4.22. The van der Waals surface area contributed by atoms with Gasteiger partial charge in [-0.1, -0.05) is 71.2 Å². The van der Waals surface area contributed by atoms with Crippen LogP contribution in [-0.2, 0) is 11.2 Å². The van der Waals surface area contributed by atoms with Crippen molar-refractivity contribution in [3.63, 3.8) is 0 Å². The van der Waals surface area contributed by atoms with E-state index in [1.807, 2.05) is 24.4 Å². The number of unbranched alkanes of at least 4 members (excludes halogenated alkanes) is 3. The molecule has 0 saturated heterocycles. The number of nitrogens with zero attached hydrogens (tertiary/aromatic N) is 1. The van der Waals surface area contributed by atoms with Crippen LogP contribution in [-0.4, -0.2) is 17.7 Å². The molecule has 162 valence electrons. The van der Waals surface area contributed by atoms with Crippen LogP contribution in [0.1, 0.15) is 64.5 Å². The Balaban J connectivity index is 2.22. The summed E-state index contributed by atoms with van der Waals surface area (Å²) in [5, 5.41) is 0. The number of hydrogen-bond acceptors (Lipinski definition) is 3. The Morgan fingerprint density at radius 3 is 2.47 bits per heavy atom. The zero-order valence-corrected chi connectivity index (χ0v) is 19.1. The maximum absolute atomic E-state index is 6.38. The van der Waals surface area contributed by atoms with Crippen LogP contribution in [0.5, 0.6) is 5.75 Å². The number of benzene rings is 1. The minimum Gasteiger partial charge on any atom is -0.459 e. The van der Waals surface area contributed by atoms with Crippen LogP contribution in [0.2, 0.25) is 0 Å². The molecule has 30 heavy (non-hydrogen) atoms. The molecular weight excluding hydrogens is 370 g/mol. The molecule has 0 aliphatic heterocycles. The van der Waals surface area contributed by atoms with Gasteiger partial charge in [-0.05, 0) is 53.7 Å². The van der Waals surface area contributed by atoms with Crippen molar-refractivity contribution >= 4 is 6.08 Å². The summed E-state index contributed by atoms with van der Waals surface area (Å²) in [5.41, 5.74) is 2.19. The average Bonchev–Trinajstić information content (AvgIpc) is 2.72. The van der Waals surface area contributed by atoms with Crippen molar-refractivity contribution in [2.45, 2.75) is 65.9 Å². The van der Waals surface area contributed by atoms with Crippen LogP contribution in [0.4, 0.5) is 0 Å². The van der Waals surface area contributed by atoms with Crippen molar-refractivity contribution in [3.05, 3.63) is 78.3 Å². The molecule has 2 aromatic rings. The third-order valence-electron chi connectivity index (χ3n) is 4.90. The number of rotatable bonds is 12. The number of aromatic nitrogens is 1. The van der Waals surface area contributed by atoms with Crippen LogP contribution in [0.15, 0.2) is 67.2 Å². The summed E-state index contributed by atoms with van der Waals surface area (Å²) in [6.45, 7) is 13.0. The van der Waals surface area contributed by atoms with E-state index in [0.29, 0.717) is 6.61 Å². The van der Waals surface area contributed by atoms with Crippen LogP contribution >= 0.6 is 0 Å². The van der Waals surface area contributed by atoms with Crippen molar-refractivity contribution in [3.8, 4) is 5.75 Å². The van der Waals surface area contributed by atoms with Gasteiger partial charge >= 0.3 is 0 Å². The van der Waals surface area contributed by atoms with E-state index in [1.54, 1.807) is 12.3 Å². The molecule has 1 aromatic carbocycles. The van der Waals surface area contributed by atoms with Gasteiger partial charge in [0.1, 0.15) is 17.6 Å². The average molecular weight is 408 g/mol. The zero-order valence-electron chi connectivity index (χ0n) is 19.1. The Kier molecular flexibility index (Phi) is 9.82. The lowest BCUT2D eigenvalue weighted by Gasteiger charge is -2.32. The first kappa shape index (κ1) is 23.9. The van der Waals surface area contributed by atoms with E-state index < -0.39 is 0 Å². The zero-order chi connectivity index (χ0) is 21.8. The minimum atomic E-state index is -0.218. The van der Waals surface area contributed by atoms with E-state index in [0.717, 1.165) is 23.5 Å². The Morgan fingerprint density at radius 1 is 1.10 bits per heavy atom. The highest BCUT2D eigenvalue weighted by Crippen LogP contribution is 2.31. The maximum Gasteiger partial charge on any atom is 0.134 e. The lowest BCUT2D eigenvalue weighted by atomic mass is 9.87. The van der Waals surface area contributed by atoms with Gasteiger partial charge in [-0.3, -0.25) is 4.98 Å². The van der Waals surface area contributed by atoms with Crippen LogP contribution in [0.3, 0.4) is 0 Å². The summed E-state index contributed by atoms with van der Waals surface area (Å²) in [7, 11) is 0. The third kappa shape index (κ3) is 8.16. The molecule has 0 spiro atoms. The normalized spacial score (nSPS) is 13.1. The standard InChI is InChI=1S/C27H37NO2/c1-6-8-9-10-12-22-14-16-24(17-15-22)30-25(20-23-13-11-18-28-21-23)26(27(3,4)5)29-19-7-2/h7,11,13-18,20-21,26H,2,6,8-10,12,19H2,1,3-5H3. The molecule has 0 saturated carbocycles. The summed E-state index contributed by atoms with van der Waals surface area (Å²) in [6.07, 6.45) is 13.4. The lowest BCUT2D eigenvalue weighted by molar-refractivity contribution is 0.00174. The summed E-state index contributed by atoms with van der Waals surface area (Å²) < 4.78 is 12.5. The second kappa shape index (κ2) is 12.3. The van der Waals surface area contributed by atoms with Crippen molar-refractivity contribution in [1.29, 1.82) is 0 Å². The third-order valence-corrected chi connectivity index (χ3v) is 4.90. The number of ether oxygens (including phenoxy) is 2. The minimum absolute atomic E-state index is 0.143. The fourth-order valence-electron chi connectivity index (χ4n) is 3.32. The van der Waals surface area contributed by atoms with Gasteiger partial charge in [0, 0.05) is 12.4 Å². The fourth-order valence-corrected chi connectivity index (χ4v) is 3.32. The molecule has 1 unspecified atom stereocenters. The van der Waals surface area contributed by atoms with Gasteiger partial charge in [-0.15, -0.1) is 6.58 Å². The first-order valence-electron chi connectivity index (χ1n) is 11.0. The first-order valence-corrected chi connectivity index (χ1v) is 11.0. The SMILES string of the molecule is C=CCOC(C(=Cc1cccnc1)Oc1ccc(CCCCCC)cc1)C(C)(C)C. The van der Waals surface area contributed by atoms with E-state index in [2.05, 4.69) is 63.5 Å². The summed E-state index contributed by atoms with van der Waals surface area (Å²) in [5.74, 6) is 1.59. The number of pyridine rings is 1. The molecule has 2 rings (SSSR count). The topological polar surface area (TPSA) is 31.4 Å². The second-order valence-corrected chi connectivity index (χ2v) is 8.76. The van der Waals surface area contributed by atoms with Gasteiger partial charge < -0.3 is 9.47 Å². The van der Waals surface area contributed by atoms with E-state index in [1.165, 1.54) is 31.2 Å². The lowest BCUT2D eigenvalue weighted by Crippen LogP contribution is -2.33. The molecule has 1 atom stereocenters. The fraction of sp³-hybridized carbons (Fsp3) is 0.444. The van der Waals surface area contributed by atoms with E-state index in [9.17, 15) is 0 Å². The molecule has 3 nitrogen and oxygen atoms in total. The van der Waals surface area contributed by atoms with Gasteiger partial charge in [0.05, 0.1) is 6.61 Å². The maximum atomic E-state index is 6.38. The summed E-state index contributed by atoms with van der Waals surface area (Å²) >= 11 is 0. The van der Waals surface area contributed by atoms with Gasteiger partial charge in [0.2, 0.25) is 0 Å². The van der Waals surface area contributed by atoms with E-state index in [4.69, 9.17) is 9.47 Å². The Morgan fingerprint density at radius 2 is 1.87 bits per heavy atom. The van der Waals surface area contributed by atoms with E-state index >= 15 is 0 Å². The Labute approximate surface area is 182 Å². The molecule has 0 amide bonds. The van der Waals surface area contributed by atoms with Gasteiger partial charge in [-0.25, -0.2) is 0 Å². The van der Waals surface area contributed by atoms with Gasteiger partial charge in [-0.2, -0.15) is 0 Å². The smallest absolute Gasteiger partial charge is 0.134 e. The highest BCUT2D eigenvalue weighted by atomic mass is 16.5. The predicted molar refractivity (Wildman–Crippen MR) is 127 cm³/mol. The van der Waals surface area contributed by atoms with Crippen molar-refractivity contribution in [2.75, 3.05) is 6.61 Å². The Bertz CT molecular complexity index is 773. The molecule has 0 fully saturated rings. The van der Waals surface area contributed by atoms with E-state index in [-0.39, 0.29) is 11.5 Å². The van der Waals surface area contributed by atoms with Crippen LogP contribution in [0, 0.1) is 5.41 Å². The monoisotopic (exact) mass is 407 g/mol. The van der Waals surface area contributed by atoms with Crippen molar-refractivity contribution < 1.29 is 9.47 Å². The van der Waals surface area contributed by atoms with Gasteiger partial charge in [0.15, 0.2) is 0 Å². The van der Waals surface area contributed by atoms with Crippen molar-refractivity contribution in [2.24, 2.45) is 5.41 Å². The molecule has 0 bridgehead atoms. The predicted octanol–water partition coefficient (Wildman–Crippen LogP) is 7.24. The van der Waals surface area contributed by atoms with Crippen LogP contribution in [0.25, 0.3) is 6.08 Å². The van der Waals surface area contributed by atoms with Gasteiger partial charge in [0.25, 0.3) is 0 Å². The highest BCUT2D eigenvalue weighted by molar-refractivity contribution is 5.52. The molecule has 0 N–H and O–H groups in total. The molecular formula is C27H37NO2.